The molecule has 0 bridgehead atoms. The normalized spacial score (nSPS) is 18.6. The van der Waals surface area contributed by atoms with Gasteiger partial charge in [0.1, 0.15) is 5.75 Å². The highest BCUT2D eigenvalue weighted by Crippen LogP contribution is 2.25. The quantitative estimate of drug-likeness (QED) is 0.846. The van der Waals surface area contributed by atoms with Crippen molar-refractivity contribution in [3.8, 4) is 5.75 Å². The van der Waals surface area contributed by atoms with Gasteiger partial charge in [0.15, 0.2) is 0 Å². The Bertz CT molecular complexity index is 488. The van der Waals surface area contributed by atoms with Crippen molar-refractivity contribution in [3.05, 3.63) is 23.8 Å². The summed E-state index contributed by atoms with van der Waals surface area (Å²) in [5.74, 6) is 0.663. The smallest absolute Gasteiger partial charge is 0.254 e. The van der Waals surface area contributed by atoms with Gasteiger partial charge in [0.05, 0.1) is 12.8 Å². The zero-order valence-electron chi connectivity index (χ0n) is 12.4. The number of nitrogens with two attached hydrogens (primary N) is 1. The molecular weight excluding hydrogens is 254 g/mol. The summed E-state index contributed by atoms with van der Waals surface area (Å²) >= 11 is 0. The molecule has 20 heavy (non-hydrogen) atoms. The number of likely N-dealkylation sites (N-methyl/N-ethyl adjacent to an activating group) is 1. The molecule has 1 atom stereocenters. The maximum absolute atomic E-state index is 12.6. The highest BCUT2D eigenvalue weighted by molar-refractivity contribution is 5.95. The van der Waals surface area contributed by atoms with Gasteiger partial charge in [0, 0.05) is 24.7 Å². The van der Waals surface area contributed by atoms with Crippen molar-refractivity contribution in [3.63, 3.8) is 0 Å². The molecule has 0 aliphatic carbocycles. The predicted octanol–water partition coefficient (Wildman–Crippen LogP) is 1.44. The lowest BCUT2D eigenvalue weighted by atomic mass is 10.1. The molecule has 110 valence electrons. The van der Waals surface area contributed by atoms with E-state index >= 15 is 0 Å². The van der Waals surface area contributed by atoms with Gasteiger partial charge in [-0.2, -0.15) is 0 Å². The second-order valence-electron chi connectivity index (χ2n) is 5.51. The predicted molar refractivity (Wildman–Crippen MR) is 80.0 cm³/mol. The Labute approximate surface area is 120 Å². The number of amides is 1. The molecule has 1 aromatic rings. The van der Waals surface area contributed by atoms with Crippen LogP contribution in [0.2, 0.25) is 0 Å². The van der Waals surface area contributed by atoms with Gasteiger partial charge in [0.2, 0.25) is 0 Å². The van der Waals surface area contributed by atoms with Crippen molar-refractivity contribution in [1.82, 2.24) is 9.80 Å². The minimum Gasteiger partial charge on any atom is -0.495 e. The summed E-state index contributed by atoms with van der Waals surface area (Å²) < 4.78 is 5.12. The van der Waals surface area contributed by atoms with Crippen LogP contribution in [0.25, 0.3) is 0 Å². The molecule has 1 aliphatic heterocycles. The fourth-order valence-corrected chi connectivity index (χ4v) is 2.75. The van der Waals surface area contributed by atoms with E-state index < -0.39 is 0 Å². The number of anilines is 1. The number of hydrogen-bond acceptors (Lipinski definition) is 4. The largest absolute Gasteiger partial charge is 0.495 e. The van der Waals surface area contributed by atoms with Crippen LogP contribution in [0.1, 0.15) is 23.2 Å². The Morgan fingerprint density at radius 3 is 2.85 bits per heavy atom. The van der Waals surface area contributed by atoms with Crippen LogP contribution in [0.3, 0.4) is 0 Å². The molecule has 1 fully saturated rings. The van der Waals surface area contributed by atoms with E-state index in [1.165, 1.54) is 0 Å². The molecule has 0 aromatic heterocycles. The number of nitrogens with zero attached hydrogens (tertiary/aromatic N) is 2. The maximum Gasteiger partial charge on any atom is 0.254 e. The van der Waals surface area contributed by atoms with Gasteiger partial charge in [-0.05, 0) is 45.1 Å². The Morgan fingerprint density at radius 1 is 1.50 bits per heavy atom. The molecule has 2 N–H and O–H groups in total. The van der Waals surface area contributed by atoms with E-state index in [1.807, 2.05) is 19.0 Å². The standard InChI is InChI=1S/C15H23N3O2/c1-17(2)10-12-5-4-8-18(12)15(19)11-6-7-14(20-3)13(16)9-11/h6-7,9,12H,4-5,8,10,16H2,1-3H3. The summed E-state index contributed by atoms with van der Waals surface area (Å²) in [6.07, 6.45) is 2.13. The molecule has 1 aliphatic rings. The molecule has 0 saturated carbocycles. The van der Waals surface area contributed by atoms with Crippen molar-refractivity contribution in [2.45, 2.75) is 18.9 Å². The first kappa shape index (κ1) is 14.7. The van der Waals surface area contributed by atoms with E-state index in [0.717, 1.165) is 25.9 Å². The lowest BCUT2D eigenvalue weighted by Crippen LogP contribution is -2.41. The van der Waals surface area contributed by atoms with Crippen LogP contribution in [0, 0.1) is 0 Å². The zero-order chi connectivity index (χ0) is 14.7. The summed E-state index contributed by atoms with van der Waals surface area (Å²) in [6.45, 7) is 1.72. The molecule has 0 radical (unpaired) electrons. The van der Waals surface area contributed by atoms with E-state index in [4.69, 9.17) is 10.5 Å². The number of methoxy groups -OCH3 is 1. The lowest BCUT2D eigenvalue weighted by molar-refractivity contribution is 0.0716. The number of carbonyl (C=O) groups is 1. The highest BCUT2D eigenvalue weighted by atomic mass is 16.5. The number of benzene rings is 1. The van der Waals surface area contributed by atoms with Crippen molar-refractivity contribution in [1.29, 1.82) is 0 Å². The van der Waals surface area contributed by atoms with E-state index in [1.54, 1.807) is 25.3 Å². The molecule has 1 amide bonds. The van der Waals surface area contributed by atoms with Gasteiger partial charge in [-0.3, -0.25) is 4.79 Å². The first-order valence-electron chi connectivity index (χ1n) is 6.92. The molecule has 1 saturated heterocycles. The Kier molecular flexibility index (Phi) is 4.49. The molecule has 5 nitrogen and oxygen atoms in total. The summed E-state index contributed by atoms with van der Waals surface area (Å²) in [5, 5.41) is 0. The average molecular weight is 277 g/mol. The van der Waals surface area contributed by atoms with Gasteiger partial charge >= 0.3 is 0 Å². The summed E-state index contributed by atoms with van der Waals surface area (Å²) in [5.41, 5.74) is 7.01. The second-order valence-corrected chi connectivity index (χ2v) is 5.51. The number of carbonyl (C=O) groups excluding carboxylic acids is 1. The molecule has 1 heterocycles. The molecule has 1 unspecified atom stereocenters. The third-order valence-corrected chi connectivity index (χ3v) is 3.69. The minimum absolute atomic E-state index is 0.0590. The van der Waals surface area contributed by atoms with Gasteiger partial charge in [-0.25, -0.2) is 0 Å². The van der Waals surface area contributed by atoms with Crippen LogP contribution in [-0.4, -0.2) is 56.0 Å². The van der Waals surface area contributed by atoms with Crippen LogP contribution in [-0.2, 0) is 0 Å². The Hall–Kier alpha value is -1.75. The van der Waals surface area contributed by atoms with E-state index in [0.29, 0.717) is 23.0 Å². The molecular formula is C15H23N3O2. The fourth-order valence-electron chi connectivity index (χ4n) is 2.75. The summed E-state index contributed by atoms with van der Waals surface area (Å²) in [6, 6.07) is 5.52. The van der Waals surface area contributed by atoms with Crippen LogP contribution in [0.5, 0.6) is 5.75 Å². The third-order valence-electron chi connectivity index (χ3n) is 3.69. The number of rotatable bonds is 4. The molecule has 0 spiro atoms. The second kappa shape index (κ2) is 6.13. The van der Waals surface area contributed by atoms with E-state index in [-0.39, 0.29) is 5.91 Å². The first-order valence-corrected chi connectivity index (χ1v) is 6.92. The summed E-state index contributed by atoms with van der Waals surface area (Å²) in [4.78, 5) is 16.7. The minimum atomic E-state index is 0.0590. The number of ether oxygens (including phenoxy) is 1. The number of hydrogen-bond donors (Lipinski definition) is 1. The van der Waals surface area contributed by atoms with Crippen LogP contribution < -0.4 is 10.5 Å². The van der Waals surface area contributed by atoms with Crippen molar-refractivity contribution in [2.24, 2.45) is 0 Å². The Morgan fingerprint density at radius 2 is 2.25 bits per heavy atom. The van der Waals surface area contributed by atoms with Crippen LogP contribution in [0.15, 0.2) is 18.2 Å². The van der Waals surface area contributed by atoms with Gasteiger partial charge in [-0.1, -0.05) is 0 Å². The van der Waals surface area contributed by atoms with Crippen LogP contribution in [0.4, 0.5) is 5.69 Å². The number of likely N-dealkylation sites (tertiary alicyclic amines) is 1. The third kappa shape index (κ3) is 3.04. The summed E-state index contributed by atoms with van der Waals surface area (Å²) in [7, 11) is 5.64. The number of nitrogen functional groups attached to an aromatic ring is 1. The average Bonchev–Trinajstić information content (AvgIpc) is 2.85. The zero-order valence-corrected chi connectivity index (χ0v) is 12.4. The van der Waals surface area contributed by atoms with Crippen LogP contribution >= 0.6 is 0 Å². The van der Waals surface area contributed by atoms with Crippen molar-refractivity contribution >= 4 is 11.6 Å². The monoisotopic (exact) mass is 277 g/mol. The van der Waals surface area contributed by atoms with E-state index in [2.05, 4.69) is 4.90 Å². The van der Waals surface area contributed by atoms with Crippen molar-refractivity contribution < 1.29 is 9.53 Å². The topological polar surface area (TPSA) is 58.8 Å². The van der Waals surface area contributed by atoms with Gasteiger partial charge < -0.3 is 20.3 Å². The highest BCUT2D eigenvalue weighted by Gasteiger charge is 2.29. The van der Waals surface area contributed by atoms with Gasteiger partial charge in [0.25, 0.3) is 5.91 Å². The fraction of sp³-hybridized carbons (Fsp3) is 0.533. The molecule has 5 heteroatoms. The van der Waals surface area contributed by atoms with E-state index in [9.17, 15) is 4.79 Å². The SMILES string of the molecule is COc1ccc(C(=O)N2CCCC2CN(C)C)cc1N. The molecule has 2 rings (SSSR count). The lowest BCUT2D eigenvalue weighted by Gasteiger charge is -2.27. The maximum atomic E-state index is 12.6. The Balaban J connectivity index is 2.16. The van der Waals surface area contributed by atoms with Gasteiger partial charge in [-0.15, -0.1) is 0 Å². The first-order chi connectivity index (χ1) is 9.52. The molecule has 1 aromatic carbocycles. The van der Waals surface area contributed by atoms with Crippen molar-refractivity contribution in [2.75, 3.05) is 40.0 Å².